The molecule has 0 bridgehead atoms. The van der Waals surface area contributed by atoms with E-state index < -0.39 is 0 Å². The van der Waals surface area contributed by atoms with Gasteiger partial charge in [0.25, 0.3) is 0 Å². The van der Waals surface area contributed by atoms with Gasteiger partial charge in [-0.1, -0.05) is 40.2 Å². The number of halogens is 2. The Morgan fingerprint density at radius 2 is 1.94 bits per heavy atom. The Hall–Kier alpha value is -2.96. The molecule has 2 aliphatic rings. The van der Waals surface area contributed by atoms with Crippen LogP contribution in [0.1, 0.15) is 27.0 Å². The summed E-state index contributed by atoms with van der Waals surface area (Å²) in [6.07, 6.45) is 2.54. The zero-order valence-electron chi connectivity index (χ0n) is 16.6. The molecule has 4 nitrogen and oxygen atoms in total. The van der Waals surface area contributed by atoms with Gasteiger partial charge in [-0.2, -0.15) is 0 Å². The van der Waals surface area contributed by atoms with Crippen LogP contribution in [-0.2, 0) is 13.0 Å². The van der Waals surface area contributed by atoms with Crippen LogP contribution in [0.2, 0.25) is 0 Å². The molecule has 0 saturated heterocycles. The summed E-state index contributed by atoms with van der Waals surface area (Å²) in [6, 6.07) is 17.9. The van der Waals surface area contributed by atoms with Crippen molar-refractivity contribution in [2.45, 2.75) is 13.0 Å². The van der Waals surface area contributed by atoms with Gasteiger partial charge in [0.1, 0.15) is 24.0 Å². The minimum Gasteiger partial charge on any atom is -0.478 e. The largest absolute Gasteiger partial charge is 0.478 e. The number of carbonyl (C=O) groups excluding carboxylic acids is 1. The van der Waals surface area contributed by atoms with Gasteiger partial charge in [0.05, 0.1) is 11.1 Å². The molecule has 3 aromatic carbocycles. The highest BCUT2D eigenvalue weighted by Gasteiger charge is 2.33. The van der Waals surface area contributed by atoms with E-state index in [9.17, 15) is 9.18 Å². The minimum absolute atomic E-state index is 0.124. The second kappa shape index (κ2) is 8.29. The number of rotatable bonds is 4. The first-order valence-electron chi connectivity index (χ1n) is 10.0. The maximum absolute atomic E-state index is 13.1. The Balaban J connectivity index is 1.36. The van der Waals surface area contributed by atoms with Crippen molar-refractivity contribution >= 4 is 27.8 Å². The normalized spacial score (nSPS) is 16.6. The Kier molecular flexibility index (Phi) is 5.34. The Morgan fingerprint density at radius 3 is 2.74 bits per heavy atom. The van der Waals surface area contributed by atoms with Crippen molar-refractivity contribution in [2.24, 2.45) is 0 Å². The molecule has 0 atom stereocenters. The number of benzene rings is 3. The average Bonchev–Trinajstić information content (AvgIpc) is 3.09. The molecule has 0 fully saturated rings. The van der Waals surface area contributed by atoms with Crippen LogP contribution in [-0.4, -0.2) is 24.0 Å². The van der Waals surface area contributed by atoms with Gasteiger partial charge >= 0.3 is 0 Å². The zero-order valence-corrected chi connectivity index (χ0v) is 18.2. The van der Waals surface area contributed by atoms with E-state index in [1.807, 2.05) is 30.3 Å². The van der Waals surface area contributed by atoms with Gasteiger partial charge in [-0.15, -0.1) is 0 Å². The molecule has 0 aliphatic carbocycles. The molecule has 0 amide bonds. The van der Waals surface area contributed by atoms with E-state index >= 15 is 0 Å². The Bertz CT molecular complexity index is 1190. The standard InChI is InChI=1S/C25H19BrFNO3/c26-18-3-1-2-17(12-18)13-23-24(29)20-8-9-22-21(25(20)31-23)14-28(15-30-22)11-10-16-4-6-19(27)7-5-16/h1-9,12-13H,10-11,14-15H2/b23-13-. The summed E-state index contributed by atoms with van der Waals surface area (Å²) in [5.74, 6) is 1.28. The molecule has 31 heavy (non-hydrogen) atoms. The van der Waals surface area contributed by atoms with Gasteiger partial charge in [-0.3, -0.25) is 9.69 Å². The molecule has 156 valence electrons. The van der Waals surface area contributed by atoms with Crippen LogP contribution in [0.3, 0.4) is 0 Å². The summed E-state index contributed by atoms with van der Waals surface area (Å²) >= 11 is 3.45. The van der Waals surface area contributed by atoms with Crippen molar-refractivity contribution in [1.82, 2.24) is 4.90 Å². The van der Waals surface area contributed by atoms with Gasteiger partial charge in [0, 0.05) is 17.6 Å². The third kappa shape index (κ3) is 4.13. The van der Waals surface area contributed by atoms with Crippen molar-refractivity contribution in [2.75, 3.05) is 13.3 Å². The number of carbonyl (C=O) groups is 1. The first-order valence-corrected chi connectivity index (χ1v) is 10.8. The van der Waals surface area contributed by atoms with Gasteiger partial charge in [-0.05, 0) is 60.0 Å². The lowest BCUT2D eigenvalue weighted by Gasteiger charge is -2.29. The van der Waals surface area contributed by atoms with Crippen molar-refractivity contribution in [3.05, 3.63) is 99.0 Å². The summed E-state index contributed by atoms with van der Waals surface area (Å²) < 4.78 is 26.0. The lowest BCUT2D eigenvalue weighted by Crippen LogP contribution is -2.33. The predicted octanol–water partition coefficient (Wildman–Crippen LogP) is 5.60. The van der Waals surface area contributed by atoms with Crippen LogP contribution >= 0.6 is 15.9 Å². The number of fused-ring (bicyclic) bond motifs is 3. The first kappa shape index (κ1) is 20.0. The molecule has 6 heteroatoms. The predicted molar refractivity (Wildman–Crippen MR) is 120 cm³/mol. The lowest BCUT2D eigenvalue weighted by atomic mass is 10.0. The molecule has 5 rings (SSSR count). The van der Waals surface area contributed by atoms with Crippen molar-refractivity contribution in [1.29, 1.82) is 0 Å². The van der Waals surface area contributed by atoms with Gasteiger partial charge < -0.3 is 9.47 Å². The minimum atomic E-state index is -0.233. The quantitative estimate of drug-likeness (QED) is 0.456. The summed E-state index contributed by atoms with van der Waals surface area (Å²) in [5, 5.41) is 0. The number of ether oxygens (including phenoxy) is 2. The number of Topliss-reactive ketones (excluding diaryl/α,β-unsaturated/α-hetero) is 1. The van der Waals surface area contributed by atoms with Crippen LogP contribution in [0.25, 0.3) is 6.08 Å². The molecule has 0 radical (unpaired) electrons. The van der Waals surface area contributed by atoms with Crippen molar-refractivity contribution in [3.63, 3.8) is 0 Å². The van der Waals surface area contributed by atoms with E-state index in [4.69, 9.17) is 9.47 Å². The number of ketones is 1. The van der Waals surface area contributed by atoms with E-state index in [0.717, 1.165) is 39.9 Å². The van der Waals surface area contributed by atoms with Gasteiger partial charge in [0.2, 0.25) is 5.78 Å². The van der Waals surface area contributed by atoms with Crippen molar-refractivity contribution in [3.8, 4) is 11.5 Å². The van der Waals surface area contributed by atoms with Gasteiger partial charge in [0.15, 0.2) is 5.76 Å². The van der Waals surface area contributed by atoms with E-state index in [0.29, 0.717) is 30.3 Å². The van der Waals surface area contributed by atoms with E-state index in [1.54, 1.807) is 24.3 Å². The smallest absolute Gasteiger partial charge is 0.231 e. The third-order valence-electron chi connectivity index (χ3n) is 5.46. The molecule has 0 spiro atoms. The molecule has 2 aliphatic heterocycles. The number of allylic oxidation sites excluding steroid dienone is 1. The monoisotopic (exact) mass is 479 g/mol. The Labute approximate surface area is 188 Å². The van der Waals surface area contributed by atoms with Crippen LogP contribution < -0.4 is 9.47 Å². The highest BCUT2D eigenvalue weighted by atomic mass is 79.9. The highest BCUT2D eigenvalue weighted by Crippen LogP contribution is 2.42. The fourth-order valence-corrected chi connectivity index (χ4v) is 4.25. The summed E-state index contributed by atoms with van der Waals surface area (Å²) in [4.78, 5) is 15.1. The topological polar surface area (TPSA) is 38.8 Å². The van der Waals surface area contributed by atoms with Crippen LogP contribution in [0.5, 0.6) is 11.5 Å². The highest BCUT2D eigenvalue weighted by molar-refractivity contribution is 9.10. The van der Waals surface area contributed by atoms with Crippen LogP contribution in [0.4, 0.5) is 4.39 Å². The zero-order chi connectivity index (χ0) is 21.4. The number of hydrogen-bond donors (Lipinski definition) is 0. The maximum Gasteiger partial charge on any atom is 0.231 e. The number of nitrogens with zero attached hydrogens (tertiary/aromatic N) is 1. The second-order valence-electron chi connectivity index (χ2n) is 7.62. The molecule has 0 unspecified atom stereocenters. The van der Waals surface area contributed by atoms with E-state index in [1.165, 1.54) is 12.1 Å². The number of hydrogen-bond acceptors (Lipinski definition) is 4. The molecule has 0 saturated carbocycles. The first-order chi connectivity index (χ1) is 15.1. The second-order valence-corrected chi connectivity index (χ2v) is 8.53. The molecular weight excluding hydrogens is 461 g/mol. The lowest BCUT2D eigenvalue weighted by molar-refractivity contribution is 0.0949. The molecule has 2 heterocycles. The Morgan fingerprint density at radius 1 is 1.10 bits per heavy atom. The fourth-order valence-electron chi connectivity index (χ4n) is 3.83. The summed E-state index contributed by atoms with van der Waals surface area (Å²) in [5.41, 5.74) is 3.39. The third-order valence-corrected chi connectivity index (χ3v) is 5.95. The van der Waals surface area contributed by atoms with E-state index in [-0.39, 0.29) is 11.6 Å². The molecule has 3 aromatic rings. The van der Waals surface area contributed by atoms with Crippen LogP contribution in [0.15, 0.2) is 70.9 Å². The molecule has 0 N–H and O–H groups in total. The summed E-state index contributed by atoms with van der Waals surface area (Å²) in [7, 11) is 0. The molecular formula is C25H19BrFNO3. The maximum atomic E-state index is 13.1. The summed E-state index contributed by atoms with van der Waals surface area (Å²) in [6.45, 7) is 1.84. The van der Waals surface area contributed by atoms with Crippen LogP contribution in [0, 0.1) is 5.82 Å². The fraction of sp³-hybridized carbons (Fsp3) is 0.160. The average molecular weight is 480 g/mol. The van der Waals surface area contributed by atoms with E-state index in [2.05, 4.69) is 20.8 Å². The SMILES string of the molecule is O=C1/C(=C/c2cccc(Br)c2)Oc2c1ccc1c2CN(CCc2ccc(F)cc2)CO1. The van der Waals surface area contributed by atoms with Crippen molar-refractivity contribution < 1.29 is 18.7 Å². The van der Waals surface area contributed by atoms with Gasteiger partial charge in [-0.25, -0.2) is 4.39 Å². The molecule has 0 aromatic heterocycles.